The van der Waals surface area contributed by atoms with Gasteiger partial charge in [-0.2, -0.15) is 11.0 Å². The van der Waals surface area contributed by atoms with Gasteiger partial charge < -0.3 is 4.84 Å². The summed E-state index contributed by atoms with van der Waals surface area (Å²) in [6.45, 7) is 9.92. The van der Waals surface area contributed by atoms with Crippen molar-refractivity contribution in [3.05, 3.63) is 96.2 Å². The van der Waals surface area contributed by atoms with Gasteiger partial charge in [0.15, 0.2) is 0 Å². The molecule has 1 aromatic heterocycles. The van der Waals surface area contributed by atoms with Crippen molar-refractivity contribution in [3.8, 4) is 11.3 Å². The molecule has 0 fully saturated rings. The Morgan fingerprint density at radius 1 is 1.21 bits per heavy atom. The summed E-state index contributed by atoms with van der Waals surface area (Å²) in [7, 11) is 1.87. The van der Waals surface area contributed by atoms with E-state index in [0.29, 0.717) is 11.4 Å². The second-order valence-corrected chi connectivity index (χ2v) is 6.52. The van der Waals surface area contributed by atoms with Gasteiger partial charge in [-0.25, -0.2) is 4.99 Å². The maximum absolute atomic E-state index is 5.49. The monoisotopic (exact) mass is 372 g/mol. The van der Waals surface area contributed by atoms with E-state index in [1.807, 2.05) is 61.7 Å². The minimum absolute atomic E-state index is 0.218. The van der Waals surface area contributed by atoms with Crippen LogP contribution in [0.4, 0.5) is 0 Å². The molecular formula is C23H24N4O. The summed E-state index contributed by atoms with van der Waals surface area (Å²) in [5.74, 6) is 5.71. The van der Waals surface area contributed by atoms with E-state index in [1.54, 1.807) is 4.68 Å². The molecule has 0 amide bonds. The van der Waals surface area contributed by atoms with E-state index in [2.05, 4.69) is 36.2 Å². The van der Waals surface area contributed by atoms with Crippen molar-refractivity contribution in [2.24, 2.45) is 17.9 Å². The molecule has 0 aliphatic heterocycles. The molecule has 28 heavy (non-hydrogen) atoms. The van der Waals surface area contributed by atoms with Crippen molar-refractivity contribution in [2.45, 2.75) is 13.3 Å². The minimum Gasteiger partial charge on any atom is -0.389 e. The Balaban J connectivity index is 1.91. The molecular weight excluding hydrogens is 348 g/mol. The molecule has 2 aromatic carbocycles. The molecule has 3 rings (SSSR count). The number of aliphatic imine (C=N–C) groups is 1. The fraction of sp³-hybridized carbons (Fsp3) is 0.130. The number of nitrogens with two attached hydrogens (primary N) is 1. The van der Waals surface area contributed by atoms with Gasteiger partial charge in [0.1, 0.15) is 5.69 Å². The van der Waals surface area contributed by atoms with Crippen LogP contribution in [0.25, 0.3) is 17.0 Å². The highest BCUT2D eigenvalue weighted by atomic mass is 16.6. The molecule has 0 aliphatic carbocycles. The first-order valence-corrected chi connectivity index (χ1v) is 8.98. The Hall–Kier alpha value is -3.44. The van der Waals surface area contributed by atoms with Crippen molar-refractivity contribution >= 4 is 11.6 Å². The highest BCUT2D eigenvalue weighted by Gasteiger charge is 2.14. The van der Waals surface area contributed by atoms with Gasteiger partial charge in [-0.05, 0) is 47.7 Å². The average Bonchev–Trinajstić information content (AvgIpc) is 3.09. The van der Waals surface area contributed by atoms with Crippen molar-refractivity contribution in [3.63, 3.8) is 0 Å². The first-order chi connectivity index (χ1) is 13.5. The fourth-order valence-corrected chi connectivity index (χ4v) is 3.04. The van der Waals surface area contributed by atoms with Crippen LogP contribution < -0.4 is 5.90 Å². The first kappa shape index (κ1) is 19.3. The number of rotatable bonds is 6. The molecule has 0 saturated carbocycles. The molecule has 0 spiro atoms. The van der Waals surface area contributed by atoms with Crippen LogP contribution in [0.2, 0.25) is 0 Å². The number of hydrogen-bond acceptors (Lipinski definition) is 4. The van der Waals surface area contributed by atoms with Gasteiger partial charge in [0.25, 0.3) is 5.90 Å². The Kier molecular flexibility index (Phi) is 5.87. The van der Waals surface area contributed by atoms with Gasteiger partial charge in [-0.1, -0.05) is 55.1 Å². The summed E-state index contributed by atoms with van der Waals surface area (Å²) in [5.41, 5.74) is 6.38. The van der Waals surface area contributed by atoms with E-state index in [1.165, 1.54) is 5.56 Å². The predicted octanol–water partition coefficient (Wildman–Crippen LogP) is 4.43. The predicted molar refractivity (Wildman–Crippen MR) is 115 cm³/mol. The number of aryl methyl sites for hydroxylation is 2. The summed E-state index contributed by atoms with van der Waals surface area (Å²) >= 11 is 0. The van der Waals surface area contributed by atoms with E-state index >= 15 is 0 Å². The molecule has 0 unspecified atom stereocenters. The van der Waals surface area contributed by atoms with E-state index in [-0.39, 0.29) is 5.90 Å². The number of benzene rings is 2. The Morgan fingerprint density at radius 3 is 2.61 bits per heavy atom. The standard InChI is InChI=1S/C23H24N4O/c1-5-9-18-12-13-20(14-16(18)2)17(3)25-23(28-24)21-15-22(27(4)26-21)19-10-7-6-8-11-19/h5-8,10-15H,1,3,9,24H2,2,4H3/b25-23-. The van der Waals surface area contributed by atoms with Gasteiger partial charge in [-0.15, -0.1) is 6.58 Å². The molecule has 142 valence electrons. The van der Waals surface area contributed by atoms with Gasteiger partial charge in [0, 0.05) is 7.05 Å². The third-order valence-corrected chi connectivity index (χ3v) is 4.56. The quantitative estimate of drug-likeness (QED) is 0.301. The largest absolute Gasteiger partial charge is 0.389 e. The van der Waals surface area contributed by atoms with Gasteiger partial charge in [-0.3, -0.25) is 4.68 Å². The van der Waals surface area contributed by atoms with Crippen molar-refractivity contribution in [2.75, 3.05) is 0 Å². The molecule has 0 radical (unpaired) electrons. The van der Waals surface area contributed by atoms with Crippen LogP contribution in [0, 0.1) is 6.92 Å². The van der Waals surface area contributed by atoms with Crippen LogP contribution in [0.5, 0.6) is 0 Å². The van der Waals surface area contributed by atoms with Gasteiger partial charge in [0.2, 0.25) is 0 Å². The SMILES string of the molecule is C=CCc1ccc(C(=C)/N=C(\ON)c2cc(-c3ccccc3)n(C)n2)cc1C. The maximum atomic E-state index is 5.49. The summed E-state index contributed by atoms with van der Waals surface area (Å²) in [5, 5.41) is 4.49. The van der Waals surface area contributed by atoms with Gasteiger partial charge in [0.05, 0.1) is 11.4 Å². The highest BCUT2D eigenvalue weighted by molar-refractivity contribution is 5.96. The van der Waals surface area contributed by atoms with Crippen LogP contribution in [-0.2, 0) is 18.3 Å². The lowest BCUT2D eigenvalue weighted by atomic mass is 10.0. The molecule has 5 nitrogen and oxygen atoms in total. The van der Waals surface area contributed by atoms with E-state index in [0.717, 1.165) is 28.8 Å². The fourth-order valence-electron chi connectivity index (χ4n) is 3.04. The molecule has 1 heterocycles. The van der Waals surface area contributed by atoms with Crippen LogP contribution in [0.1, 0.15) is 22.4 Å². The summed E-state index contributed by atoms with van der Waals surface area (Å²) in [6.07, 6.45) is 2.72. The first-order valence-electron chi connectivity index (χ1n) is 8.98. The average molecular weight is 372 g/mol. The van der Waals surface area contributed by atoms with Crippen molar-refractivity contribution in [1.29, 1.82) is 0 Å². The van der Waals surface area contributed by atoms with Crippen LogP contribution in [0.3, 0.4) is 0 Å². The van der Waals surface area contributed by atoms with Gasteiger partial charge >= 0.3 is 0 Å². The molecule has 2 N–H and O–H groups in total. The van der Waals surface area contributed by atoms with Crippen molar-refractivity contribution < 1.29 is 4.84 Å². The maximum Gasteiger partial charge on any atom is 0.265 e. The minimum atomic E-state index is 0.218. The Labute approximate surface area is 165 Å². The summed E-state index contributed by atoms with van der Waals surface area (Å²) in [4.78, 5) is 9.50. The molecule has 0 aliphatic rings. The zero-order chi connectivity index (χ0) is 20.1. The smallest absolute Gasteiger partial charge is 0.265 e. The molecule has 3 aromatic rings. The van der Waals surface area contributed by atoms with Crippen molar-refractivity contribution in [1.82, 2.24) is 9.78 Å². The Morgan fingerprint density at radius 2 is 1.96 bits per heavy atom. The molecule has 0 saturated heterocycles. The summed E-state index contributed by atoms with van der Waals surface area (Å²) in [6, 6.07) is 18.0. The van der Waals surface area contributed by atoms with Crippen LogP contribution in [-0.4, -0.2) is 15.7 Å². The summed E-state index contributed by atoms with van der Waals surface area (Å²) < 4.78 is 1.77. The lowest BCUT2D eigenvalue weighted by Gasteiger charge is -2.08. The number of aromatic nitrogens is 2. The third-order valence-electron chi connectivity index (χ3n) is 4.56. The third kappa shape index (κ3) is 4.10. The van der Waals surface area contributed by atoms with E-state index in [4.69, 9.17) is 10.7 Å². The van der Waals surface area contributed by atoms with E-state index < -0.39 is 0 Å². The second kappa shape index (κ2) is 8.50. The molecule has 0 bridgehead atoms. The zero-order valence-electron chi connectivity index (χ0n) is 16.2. The number of hydrogen-bond donors (Lipinski definition) is 1. The molecule has 5 heteroatoms. The second-order valence-electron chi connectivity index (χ2n) is 6.52. The lowest BCUT2D eigenvalue weighted by molar-refractivity contribution is 0.321. The normalized spacial score (nSPS) is 11.3. The number of allylic oxidation sites excluding steroid dienone is 1. The van der Waals surface area contributed by atoms with Crippen LogP contribution in [0.15, 0.2) is 78.8 Å². The van der Waals surface area contributed by atoms with Crippen LogP contribution >= 0.6 is 0 Å². The van der Waals surface area contributed by atoms with E-state index in [9.17, 15) is 0 Å². The topological polar surface area (TPSA) is 65.4 Å². The Bertz CT molecular complexity index is 1030. The lowest BCUT2D eigenvalue weighted by Crippen LogP contribution is -2.13. The highest BCUT2D eigenvalue weighted by Crippen LogP contribution is 2.22. The molecule has 0 atom stereocenters. The zero-order valence-corrected chi connectivity index (χ0v) is 16.2. The number of nitrogens with zero attached hydrogens (tertiary/aromatic N) is 3.